The van der Waals surface area contributed by atoms with E-state index in [1.165, 1.54) is 0 Å². The number of aryl methyl sites for hydroxylation is 1. The van der Waals surface area contributed by atoms with Crippen LogP contribution in [-0.2, 0) is 6.42 Å². The second-order valence-corrected chi connectivity index (χ2v) is 3.71. The minimum absolute atomic E-state index is 0.125. The normalized spacial score (nSPS) is 25.6. The lowest BCUT2D eigenvalue weighted by Gasteiger charge is -2.32. The Labute approximate surface area is 83.4 Å². The summed E-state index contributed by atoms with van der Waals surface area (Å²) in [5.74, 6) is 0.869. The van der Waals surface area contributed by atoms with Gasteiger partial charge in [-0.05, 0) is 19.3 Å². The molecule has 1 aliphatic carbocycles. The highest BCUT2D eigenvalue weighted by molar-refractivity contribution is 5.36. The first-order chi connectivity index (χ1) is 6.78. The molecule has 0 aromatic carbocycles. The summed E-state index contributed by atoms with van der Waals surface area (Å²) in [5, 5.41) is 12.4. The summed E-state index contributed by atoms with van der Waals surface area (Å²) in [6.07, 6.45) is 4.03. The maximum atomic E-state index is 9.12. The second kappa shape index (κ2) is 3.92. The van der Waals surface area contributed by atoms with Gasteiger partial charge in [-0.2, -0.15) is 0 Å². The highest BCUT2D eigenvalue weighted by atomic mass is 16.3. The van der Waals surface area contributed by atoms with Crippen LogP contribution < -0.4 is 5.32 Å². The molecule has 0 amide bonds. The molecule has 14 heavy (non-hydrogen) atoms. The number of nitrogens with zero attached hydrogens (tertiary/aromatic N) is 2. The van der Waals surface area contributed by atoms with Gasteiger partial charge in [-0.25, -0.2) is 9.97 Å². The van der Waals surface area contributed by atoms with Crippen LogP contribution in [0.2, 0.25) is 0 Å². The molecule has 2 rings (SSSR count). The van der Waals surface area contributed by atoms with Gasteiger partial charge >= 0.3 is 0 Å². The van der Waals surface area contributed by atoms with Gasteiger partial charge in [-0.1, -0.05) is 6.92 Å². The molecular weight excluding hydrogens is 178 g/mol. The van der Waals surface area contributed by atoms with Gasteiger partial charge in [0.15, 0.2) is 0 Å². The third kappa shape index (κ3) is 2.01. The Kier molecular flexibility index (Phi) is 2.63. The van der Waals surface area contributed by atoms with Crippen molar-refractivity contribution >= 4 is 5.82 Å². The molecule has 0 aliphatic heterocycles. The quantitative estimate of drug-likeness (QED) is 0.751. The smallest absolute Gasteiger partial charge is 0.129 e. The average molecular weight is 193 g/mol. The predicted octanol–water partition coefficient (Wildman–Crippen LogP) is 0.974. The summed E-state index contributed by atoms with van der Waals surface area (Å²) in [7, 11) is 0. The van der Waals surface area contributed by atoms with E-state index < -0.39 is 0 Å². The van der Waals surface area contributed by atoms with E-state index in [1.54, 1.807) is 6.33 Å². The van der Waals surface area contributed by atoms with Crippen LogP contribution >= 0.6 is 0 Å². The SMILES string of the molecule is CCc1cc(N[C@H]2C[C@H](O)C2)ncn1. The molecule has 1 heterocycles. The van der Waals surface area contributed by atoms with E-state index in [4.69, 9.17) is 5.11 Å². The number of aliphatic hydroxyl groups is 1. The molecule has 2 N–H and O–H groups in total. The Bertz CT molecular complexity index is 310. The zero-order chi connectivity index (χ0) is 9.97. The third-order valence-corrected chi connectivity index (χ3v) is 2.55. The Morgan fingerprint density at radius 2 is 2.29 bits per heavy atom. The number of hydrogen-bond donors (Lipinski definition) is 2. The second-order valence-electron chi connectivity index (χ2n) is 3.71. The van der Waals surface area contributed by atoms with Crippen LogP contribution in [-0.4, -0.2) is 27.2 Å². The van der Waals surface area contributed by atoms with Crippen molar-refractivity contribution < 1.29 is 5.11 Å². The van der Waals surface area contributed by atoms with Crippen LogP contribution in [0.3, 0.4) is 0 Å². The van der Waals surface area contributed by atoms with Crippen LogP contribution in [0.5, 0.6) is 0 Å². The van der Waals surface area contributed by atoms with Crippen molar-refractivity contribution in [1.29, 1.82) is 0 Å². The van der Waals surface area contributed by atoms with Crippen LogP contribution in [0.15, 0.2) is 12.4 Å². The average Bonchev–Trinajstić information content (AvgIpc) is 2.16. The van der Waals surface area contributed by atoms with Crippen molar-refractivity contribution in [3.63, 3.8) is 0 Å². The van der Waals surface area contributed by atoms with E-state index in [2.05, 4.69) is 22.2 Å². The lowest BCUT2D eigenvalue weighted by Crippen LogP contribution is -2.39. The van der Waals surface area contributed by atoms with Crippen molar-refractivity contribution in [2.75, 3.05) is 5.32 Å². The maximum Gasteiger partial charge on any atom is 0.129 e. The Morgan fingerprint density at radius 3 is 2.93 bits per heavy atom. The molecule has 1 fully saturated rings. The number of hydrogen-bond acceptors (Lipinski definition) is 4. The number of anilines is 1. The minimum atomic E-state index is -0.125. The highest BCUT2D eigenvalue weighted by Gasteiger charge is 2.27. The molecule has 0 saturated heterocycles. The summed E-state index contributed by atoms with van der Waals surface area (Å²) in [4.78, 5) is 8.25. The third-order valence-electron chi connectivity index (χ3n) is 2.55. The zero-order valence-electron chi connectivity index (χ0n) is 8.27. The van der Waals surface area contributed by atoms with Crippen LogP contribution in [0.1, 0.15) is 25.5 Å². The number of rotatable bonds is 3. The van der Waals surface area contributed by atoms with Crippen molar-refractivity contribution in [3.8, 4) is 0 Å². The molecule has 0 bridgehead atoms. The van der Waals surface area contributed by atoms with Gasteiger partial charge in [-0.3, -0.25) is 0 Å². The van der Waals surface area contributed by atoms with E-state index in [0.717, 1.165) is 30.8 Å². The fraction of sp³-hybridized carbons (Fsp3) is 0.600. The van der Waals surface area contributed by atoms with Crippen molar-refractivity contribution in [2.24, 2.45) is 0 Å². The van der Waals surface area contributed by atoms with Gasteiger partial charge in [0, 0.05) is 17.8 Å². The first kappa shape index (κ1) is 9.40. The lowest BCUT2D eigenvalue weighted by atomic mass is 9.89. The first-order valence-corrected chi connectivity index (χ1v) is 5.03. The molecule has 0 radical (unpaired) electrons. The maximum absolute atomic E-state index is 9.12. The first-order valence-electron chi connectivity index (χ1n) is 5.03. The van der Waals surface area contributed by atoms with Gasteiger partial charge < -0.3 is 10.4 Å². The van der Waals surface area contributed by atoms with E-state index in [9.17, 15) is 0 Å². The summed E-state index contributed by atoms with van der Waals surface area (Å²) in [6, 6.07) is 2.34. The van der Waals surface area contributed by atoms with Crippen LogP contribution in [0.25, 0.3) is 0 Å². The van der Waals surface area contributed by atoms with E-state index in [-0.39, 0.29) is 6.10 Å². The fourth-order valence-corrected chi connectivity index (χ4v) is 1.58. The molecule has 1 aromatic rings. The number of aromatic nitrogens is 2. The predicted molar refractivity (Wildman–Crippen MR) is 54.1 cm³/mol. The molecule has 1 aromatic heterocycles. The number of aliphatic hydroxyl groups excluding tert-OH is 1. The van der Waals surface area contributed by atoms with Crippen molar-refractivity contribution in [3.05, 3.63) is 18.1 Å². The van der Waals surface area contributed by atoms with Gasteiger partial charge in [0.2, 0.25) is 0 Å². The zero-order valence-corrected chi connectivity index (χ0v) is 8.27. The fourth-order valence-electron chi connectivity index (χ4n) is 1.58. The molecule has 76 valence electrons. The van der Waals surface area contributed by atoms with Crippen LogP contribution in [0, 0.1) is 0 Å². The number of nitrogens with one attached hydrogen (secondary N) is 1. The molecule has 4 nitrogen and oxygen atoms in total. The largest absolute Gasteiger partial charge is 0.393 e. The molecule has 4 heteroatoms. The van der Waals surface area contributed by atoms with Gasteiger partial charge in [0.25, 0.3) is 0 Å². The summed E-state index contributed by atoms with van der Waals surface area (Å²) in [6.45, 7) is 2.07. The topological polar surface area (TPSA) is 58.0 Å². The molecule has 0 spiro atoms. The monoisotopic (exact) mass is 193 g/mol. The van der Waals surface area contributed by atoms with E-state index in [1.807, 2.05) is 6.07 Å². The minimum Gasteiger partial charge on any atom is -0.393 e. The van der Waals surface area contributed by atoms with Gasteiger partial charge in [-0.15, -0.1) is 0 Å². The Hall–Kier alpha value is -1.16. The van der Waals surface area contributed by atoms with E-state index in [0.29, 0.717) is 6.04 Å². The molecule has 1 aliphatic rings. The Morgan fingerprint density at radius 1 is 1.50 bits per heavy atom. The molecule has 0 unspecified atom stereocenters. The summed E-state index contributed by atoms with van der Waals surface area (Å²) in [5.41, 5.74) is 1.04. The van der Waals surface area contributed by atoms with Gasteiger partial charge in [0.1, 0.15) is 12.1 Å². The molecule has 1 saturated carbocycles. The van der Waals surface area contributed by atoms with E-state index >= 15 is 0 Å². The van der Waals surface area contributed by atoms with Crippen LogP contribution in [0.4, 0.5) is 5.82 Å². The molecular formula is C10H15N3O. The summed E-state index contributed by atoms with van der Waals surface area (Å²) >= 11 is 0. The summed E-state index contributed by atoms with van der Waals surface area (Å²) < 4.78 is 0. The lowest BCUT2D eigenvalue weighted by molar-refractivity contribution is 0.0835. The standard InChI is InChI=1S/C10H15N3O/c1-2-7-5-10(12-6-11-7)13-8-3-9(14)4-8/h5-6,8-9,14H,2-4H2,1H3,(H,11,12,13)/t8-,9-. The van der Waals surface area contributed by atoms with Crippen molar-refractivity contribution in [2.45, 2.75) is 38.3 Å². The molecule has 0 atom stereocenters. The highest BCUT2D eigenvalue weighted by Crippen LogP contribution is 2.22. The Balaban J connectivity index is 1.95. The van der Waals surface area contributed by atoms with Gasteiger partial charge in [0.05, 0.1) is 6.10 Å². The van der Waals surface area contributed by atoms with Crippen molar-refractivity contribution in [1.82, 2.24) is 9.97 Å².